The monoisotopic (exact) mass is 544 g/mol. The molecule has 224 valence electrons. The minimum atomic E-state index is -2.42. The Morgan fingerprint density at radius 1 is 0.351 bits per heavy atom. The molecule has 0 aliphatic rings. The molecule has 2 N–H and O–H groups in total. The third-order valence-electron chi connectivity index (χ3n) is 7.53. The lowest BCUT2D eigenvalue weighted by Gasteiger charge is -2.28. The van der Waals surface area contributed by atoms with Crippen molar-refractivity contribution in [1.82, 2.24) is 0 Å². The molecule has 0 saturated carbocycles. The summed E-state index contributed by atoms with van der Waals surface area (Å²) < 4.78 is 17.9. The van der Waals surface area contributed by atoms with Crippen LogP contribution in [0.5, 0.6) is 0 Å². The highest BCUT2D eigenvalue weighted by Crippen LogP contribution is 2.21. The summed E-state index contributed by atoms with van der Waals surface area (Å²) in [5.74, 6) is 0. The first kappa shape index (κ1) is 37.1. The maximum atomic E-state index is 5.96. The van der Waals surface area contributed by atoms with Crippen molar-refractivity contribution < 1.29 is 13.3 Å². The summed E-state index contributed by atoms with van der Waals surface area (Å²) in [7, 11) is -2.42. The van der Waals surface area contributed by atoms with Crippen LogP contribution in [-0.2, 0) is 13.3 Å². The number of unbranched alkanes of at least 4 members (excludes halogenated alkanes) is 23. The van der Waals surface area contributed by atoms with E-state index in [9.17, 15) is 0 Å². The average molecular weight is 544 g/mol. The van der Waals surface area contributed by atoms with E-state index in [0.29, 0.717) is 19.8 Å². The molecule has 0 unspecified atom stereocenters. The lowest BCUT2D eigenvalue weighted by atomic mass is 10.0. The second kappa shape index (κ2) is 30.6. The van der Waals surface area contributed by atoms with Crippen LogP contribution in [0.2, 0.25) is 6.04 Å². The van der Waals surface area contributed by atoms with Crippen LogP contribution < -0.4 is 5.73 Å². The van der Waals surface area contributed by atoms with E-state index in [1.165, 1.54) is 154 Å². The van der Waals surface area contributed by atoms with Gasteiger partial charge in [-0.15, -0.1) is 0 Å². The van der Waals surface area contributed by atoms with Crippen LogP contribution in [0.4, 0.5) is 0 Å². The lowest BCUT2D eigenvalue weighted by Crippen LogP contribution is -2.45. The molecule has 0 atom stereocenters. The van der Waals surface area contributed by atoms with E-state index >= 15 is 0 Å². The van der Waals surface area contributed by atoms with E-state index in [1.54, 1.807) is 0 Å². The van der Waals surface area contributed by atoms with Crippen LogP contribution in [0.15, 0.2) is 0 Å². The van der Waals surface area contributed by atoms with Crippen LogP contribution >= 0.6 is 0 Å². The Kier molecular flexibility index (Phi) is 30.6. The second-order valence-electron chi connectivity index (χ2n) is 11.0. The summed E-state index contributed by atoms with van der Waals surface area (Å²) in [5, 5.41) is 0. The van der Waals surface area contributed by atoms with Gasteiger partial charge in [0.05, 0.1) is 0 Å². The topological polar surface area (TPSA) is 53.7 Å². The van der Waals surface area contributed by atoms with E-state index in [2.05, 4.69) is 0 Å². The molecule has 0 heterocycles. The summed E-state index contributed by atoms with van der Waals surface area (Å²) in [6, 6.07) is 0.971. The van der Waals surface area contributed by atoms with Crippen molar-refractivity contribution in [3.63, 3.8) is 0 Å². The van der Waals surface area contributed by atoms with Crippen molar-refractivity contribution in [2.24, 2.45) is 5.73 Å². The zero-order valence-corrected chi connectivity index (χ0v) is 26.8. The van der Waals surface area contributed by atoms with Gasteiger partial charge in [-0.3, -0.25) is 0 Å². The summed E-state index contributed by atoms with van der Waals surface area (Å²) in [4.78, 5) is 0. The quantitative estimate of drug-likeness (QED) is 0.0677. The molecule has 0 bridgehead atoms. The molecule has 0 aromatic heterocycles. The van der Waals surface area contributed by atoms with Crippen molar-refractivity contribution in [3.05, 3.63) is 0 Å². The van der Waals surface area contributed by atoms with Crippen molar-refractivity contribution in [2.75, 3.05) is 26.4 Å². The molecule has 0 spiro atoms. The van der Waals surface area contributed by atoms with Gasteiger partial charge in [0.25, 0.3) is 0 Å². The Morgan fingerprint density at radius 3 is 0.784 bits per heavy atom. The van der Waals surface area contributed by atoms with Crippen molar-refractivity contribution in [3.8, 4) is 0 Å². The third kappa shape index (κ3) is 26.1. The zero-order chi connectivity index (χ0) is 27.1. The molecule has 5 heteroatoms. The maximum Gasteiger partial charge on any atom is 0.500 e. The standard InChI is InChI=1S/C32H69NO3Si/c1-4-34-37(35-5-2,36-6-3)32-30-28-26-24-22-20-18-16-14-12-10-8-7-9-11-13-15-17-19-21-23-25-27-29-31-33/h4-33H2,1-3H3. The summed E-state index contributed by atoms with van der Waals surface area (Å²) in [6.45, 7) is 9.04. The van der Waals surface area contributed by atoms with Crippen molar-refractivity contribution in [2.45, 2.75) is 181 Å². The normalized spacial score (nSPS) is 12.0. The van der Waals surface area contributed by atoms with Gasteiger partial charge in [-0.2, -0.15) is 0 Å². The van der Waals surface area contributed by atoms with Gasteiger partial charge in [-0.1, -0.05) is 141 Å². The van der Waals surface area contributed by atoms with Gasteiger partial charge in [0, 0.05) is 25.9 Å². The molecule has 0 rings (SSSR count). The van der Waals surface area contributed by atoms with Crippen LogP contribution in [-0.4, -0.2) is 35.2 Å². The first-order valence-corrected chi connectivity index (χ1v) is 18.8. The lowest BCUT2D eigenvalue weighted by molar-refractivity contribution is 0.0706. The van der Waals surface area contributed by atoms with E-state index in [1.807, 2.05) is 20.8 Å². The fraction of sp³-hybridized carbons (Fsp3) is 1.00. The first-order chi connectivity index (χ1) is 18.2. The fourth-order valence-electron chi connectivity index (χ4n) is 5.38. The highest BCUT2D eigenvalue weighted by atomic mass is 28.4. The van der Waals surface area contributed by atoms with Crippen LogP contribution in [0, 0.1) is 0 Å². The fourth-order valence-corrected chi connectivity index (χ4v) is 8.06. The summed E-state index contributed by atoms with van der Waals surface area (Å²) in [5.41, 5.74) is 5.54. The second-order valence-corrected chi connectivity index (χ2v) is 13.7. The largest absolute Gasteiger partial charge is 0.500 e. The Hall–Kier alpha value is 0.0569. The highest BCUT2D eigenvalue weighted by molar-refractivity contribution is 6.60. The number of rotatable bonds is 32. The highest BCUT2D eigenvalue weighted by Gasteiger charge is 2.39. The van der Waals surface area contributed by atoms with Gasteiger partial charge in [0.1, 0.15) is 0 Å². The van der Waals surface area contributed by atoms with Gasteiger partial charge < -0.3 is 19.0 Å². The predicted octanol–water partition coefficient (Wildman–Crippen LogP) is 10.4. The summed E-state index contributed by atoms with van der Waals surface area (Å²) in [6.07, 6.45) is 33.7. The molecular weight excluding hydrogens is 474 g/mol. The minimum Gasteiger partial charge on any atom is -0.374 e. The number of nitrogens with two attached hydrogens (primary N) is 1. The molecule has 0 aliphatic carbocycles. The Morgan fingerprint density at radius 2 is 0.568 bits per heavy atom. The Labute approximate surface area is 234 Å². The maximum absolute atomic E-state index is 5.96. The SMILES string of the molecule is CCO[Si](CCCCCCCCCCCCCCCCCCCCCCCCCCN)(OCC)OCC. The van der Waals surface area contributed by atoms with E-state index in [-0.39, 0.29) is 0 Å². The summed E-state index contributed by atoms with van der Waals surface area (Å²) >= 11 is 0. The van der Waals surface area contributed by atoms with Gasteiger partial charge in [-0.25, -0.2) is 0 Å². The van der Waals surface area contributed by atoms with Crippen LogP contribution in [0.1, 0.15) is 175 Å². The van der Waals surface area contributed by atoms with Gasteiger partial charge >= 0.3 is 8.80 Å². The molecular formula is C32H69NO3Si. The molecule has 0 amide bonds. The van der Waals surface area contributed by atoms with E-state index in [0.717, 1.165) is 12.6 Å². The molecule has 0 saturated heterocycles. The van der Waals surface area contributed by atoms with Gasteiger partial charge in [-0.05, 0) is 40.2 Å². The van der Waals surface area contributed by atoms with E-state index < -0.39 is 8.80 Å². The first-order valence-electron chi connectivity index (χ1n) is 16.9. The molecule has 0 aliphatic heterocycles. The molecule has 4 nitrogen and oxygen atoms in total. The van der Waals surface area contributed by atoms with Gasteiger partial charge in [0.2, 0.25) is 0 Å². The molecule has 0 radical (unpaired) electrons. The average Bonchev–Trinajstić information content (AvgIpc) is 2.89. The van der Waals surface area contributed by atoms with Crippen LogP contribution in [0.25, 0.3) is 0 Å². The molecule has 0 aromatic carbocycles. The van der Waals surface area contributed by atoms with Crippen molar-refractivity contribution in [1.29, 1.82) is 0 Å². The molecule has 37 heavy (non-hydrogen) atoms. The van der Waals surface area contributed by atoms with Crippen LogP contribution in [0.3, 0.4) is 0 Å². The van der Waals surface area contributed by atoms with Crippen molar-refractivity contribution >= 4 is 8.80 Å². The number of hydrogen-bond acceptors (Lipinski definition) is 4. The zero-order valence-electron chi connectivity index (χ0n) is 25.8. The Bertz CT molecular complexity index is 408. The molecule has 0 fully saturated rings. The minimum absolute atomic E-state index is 0.684. The smallest absolute Gasteiger partial charge is 0.374 e. The third-order valence-corrected chi connectivity index (χ3v) is 10.7. The Balaban J connectivity index is 3.29. The van der Waals surface area contributed by atoms with Gasteiger partial charge in [0.15, 0.2) is 0 Å². The predicted molar refractivity (Wildman–Crippen MR) is 165 cm³/mol. The van der Waals surface area contributed by atoms with E-state index in [4.69, 9.17) is 19.0 Å². The number of hydrogen-bond donors (Lipinski definition) is 1. The molecule has 0 aromatic rings.